The van der Waals surface area contributed by atoms with Gasteiger partial charge < -0.3 is 5.32 Å². The molecule has 0 spiro atoms. The van der Waals surface area contributed by atoms with E-state index in [1.807, 2.05) is 13.8 Å². The molecule has 0 aliphatic heterocycles. The van der Waals surface area contributed by atoms with Crippen LogP contribution in [-0.4, -0.2) is 30.4 Å². The second-order valence-electron chi connectivity index (χ2n) is 4.85. The van der Waals surface area contributed by atoms with Gasteiger partial charge in [0, 0.05) is 6.54 Å². The summed E-state index contributed by atoms with van der Waals surface area (Å²) in [6, 6.07) is 4.94. The minimum absolute atomic E-state index is 0.0234. The van der Waals surface area contributed by atoms with Crippen LogP contribution in [0.25, 0.3) is 0 Å². The minimum Gasteiger partial charge on any atom is -0.324 e. The third-order valence-corrected chi connectivity index (χ3v) is 2.81. The zero-order valence-corrected chi connectivity index (χ0v) is 12.1. The molecule has 0 aliphatic rings. The Kier molecular flexibility index (Phi) is 5.96. The Morgan fingerprint density at radius 2 is 1.90 bits per heavy atom. The topological polar surface area (TPSA) is 32.3 Å². The number of para-hydroxylation sites is 1. The average Bonchev–Trinajstić information content (AvgIpc) is 2.36. The van der Waals surface area contributed by atoms with Crippen molar-refractivity contribution in [3.05, 3.63) is 42.0 Å². The van der Waals surface area contributed by atoms with Crippen LogP contribution in [0.5, 0.6) is 0 Å². The maximum Gasteiger partial charge on any atom is 0.418 e. The first-order valence-corrected chi connectivity index (χ1v) is 6.56. The molecule has 0 heterocycles. The predicted molar refractivity (Wildman–Crippen MR) is 77.0 cm³/mol. The number of amides is 1. The molecule has 1 amide bonds. The van der Waals surface area contributed by atoms with Crippen molar-refractivity contribution in [2.75, 3.05) is 25.0 Å². The highest BCUT2D eigenvalue weighted by atomic mass is 19.4. The number of nitrogens with one attached hydrogen (secondary N) is 1. The Labute approximate surface area is 122 Å². The molecule has 6 heteroatoms. The molecular weight excluding hydrogens is 281 g/mol. The van der Waals surface area contributed by atoms with Gasteiger partial charge in [0.2, 0.25) is 5.91 Å². The number of nitrogens with zero attached hydrogens (tertiary/aromatic N) is 1. The van der Waals surface area contributed by atoms with Crippen LogP contribution < -0.4 is 5.32 Å². The fourth-order valence-corrected chi connectivity index (χ4v) is 1.89. The Morgan fingerprint density at radius 1 is 1.29 bits per heavy atom. The van der Waals surface area contributed by atoms with Gasteiger partial charge in [0.25, 0.3) is 0 Å². The third-order valence-electron chi connectivity index (χ3n) is 2.81. The molecule has 1 aromatic carbocycles. The number of alkyl halides is 3. The normalized spacial score (nSPS) is 11.5. The van der Waals surface area contributed by atoms with Crippen molar-refractivity contribution in [2.45, 2.75) is 20.0 Å². The molecule has 0 unspecified atom stereocenters. The van der Waals surface area contributed by atoms with Gasteiger partial charge in [-0.15, -0.1) is 0 Å². The van der Waals surface area contributed by atoms with Crippen molar-refractivity contribution < 1.29 is 18.0 Å². The summed E-state index contributed by atoms with van der Waals surface area (Å²) in [5, 5.41) is 2.32. The fraction of sp³-hybridized carbons (Fsp3) is 0.400. The molecular formula is C15H19F3N2O. The van der Waals surface area contributed by atoms with Crippen molar-refractivity contribution in [1.29, 1.82) is 0 Å². The van der Waals surface area contributed by atoms with E-state index >= 15 is 0 Å². The molecule has 0 aromatic heterocycles. The summed E-state index contributed by atoms with van der Waals surface area (Å²) in [5.74, 6) is -0.477. The van der Waals surface area contributed by atoms with E-state index in [0.717, 1.165) is 11.6 Å². The van der Waals surface area contributed by atoms with E-state index in [-0.39, 0.29) is 12.2 Å². The van der Waals surface area contributed by atoms with Crippen LogP contribution in [0.1, 0.15) is 19.4 Å². The number of rotatable bonds is 6. The van der Waals surface area contributed by atoms with Crippen LogP contribution in [0.3, 0.4) is 0 Å². The van der Waals surface area contributed by atoms with Gasteiger partial charge in [-0.2, -0.15) is 13.2 Å². The van der Waals surface area contributed by atoms with Gasteiger partial charge in [-0.05, 0) is 25.6 Å². The summed E-state index contributed by atoms with van der Waals surface area (Å²) in [6.07, 6.45) is -4.49. The van der Waals surface area contributed by atoms with E-state index in [1.54, 1.807) is 4.90 Å². The number of carbonyl (C=O) groups is 1. The highest BCUT2D eigenvalue weighted by molar-refractivity contribution is 5.93. The number of likely N-dealkylation sites (N-methyl/N-ethyl adjacent to an activating group) is 1. The molecule has 0 aliphatic carbocycles. The molecule has 1 aromatic rings. The Balaban J connectivity index is 2.77. The van der Waals surface area contributed by atoms with Gasteiger partial charge in [0.1, 0.15) is 0 Å². The lowest BCUT2D eigenvalue weighted by Crippen LogP contribution is -2.34. The quantitative estimate of drug-likeness (QED) is 0.815. The van der Waals surface area contributed by atoms with Crippen LogP contribution in [0.4, 0.5) is 18.9 Å². The first-order chi connectivity index (χ1) is 9.74. The molecule has 0 radical (unpaired) electrons. The molecule has 21 heavy (non-hydrogen) atoms. The lowest BCUT2D eigenvalue weighted by molar-refractivity contribution is -0.137. The lowest BCUT2D eigenvalue weighted by Gasteiger charge is -2.20. The minimum atomic E-state index is -4.49. The van der Waals surface area contributed by atoms with E-state index in [2.05, 4.69) is 11.9 Å². The molecule has 0 saturated heterocycles. The average molecular weight is 300 g/mol. The van der Waals surface area contributed by atoms with Crippen LogP contribution in [0, 0.1) is 0 Å². The number of halogens is 3. The molecule has 0 atom stereocenters. The van der Waals surface area contributed by atoms with Crippen molar-refractivity contribution in [1.82, 2.24) is 4.90 Å². The molecule has 1 N–H and O–H groups in total. The van der Waals surface area contributed by atoms with Gasteiger partial charge >= 0.3 is 6.18 Å². The fourth-order valence-electron chi connectivity index (χ4n) is 1.89. The second kappa shape index (κ2) is 7.26. The smallest absolute Gasteiger partial charge is 0.324 e. The third kappa shape index (κ3) is 5.59. The second-order valence-corrected chi connectivity index (χ2v) is 4.85. The van der Waals surface area contributed by atoms with Crippen LogP contribution in [0.2, 0.25) is 0 Å². The summed E-state index contributed by atoms with van der Waals surface area (Å²) < 4.78 is 38.5. The summed E-state index contributed by atoms with van der Waals surface area (Å²) in [6.45, 7) is 8.63. The first-order valence-electron chi connectivity index (χ1n) is 6.56. The number of hydrogen-bond donors (Lipinski definition) is 1. The zero-order valence-electron chi connectivity index (χ0n) is 12.1. The Hall–Kier alpha value is -1.82. The van der Waals surface area contributed by atoms with E-state index in [9.17, 15) is 18.0 Å². The van der Waals surface area contributed by atoms with E-state index < -0.39 is 17.6 Å². The summed E-state index contributed by atoms with van der Waals surface area (Å²) in [7, 11) is 0. The SMILES string of the molecule is C=C(C)CN(CC)CC(=O)Nc1ccccc1C(F)(F)F. The first kappa shape index (κ1) is 17.2. The Morgan fingerprint density at radius 3 is 2.43 bits per heavy atom. The summed E-state index contributed by atoms with van der Waals surface area (Å²) in [5.41, 5.74) is -0.178. The van der Waals surface area contributed by atoms with Gasteiger partial charge in [-0.25, -0.2) is 0 Å². The van der Waals surface area contributed by atoms with Gasteiger partial charge in [0.15, 0.2) is 0 Å². The molecule has 0 saturated carbocycles. The van der Waals surface area contributed by atoms with E-state index in [0.29, 0.717) is 13.1 Å². The van der Waals surface area contributed by atoms with Crippen LogP contribution in [-0.2, 0) is 11.0 Å². The summed E-state index contributed by atoms with van der Waals surface area (Å²) in [4.78, 5) is 13.7. The Bertz CT molecular complexity index is 512. The zero-order chi connectivity index (χ0) is 16.0. The number of hydrogen-bond acceptors (Lipinski definition) is 2. The lowest BCUT2D eigenvalue weighted by atomic mass is 10.1. The molecule has 0 bridgehead atoms. The predicted octanol–water partition coefficient (Wildman–Crippen LogP) is 3.54. The van der Waals surface area contributed by atoms with Gasteiger partial charge in [-0.1, -0.05) is 31.2 Å². The van der Waals surface area contributed by atoms with Crippen molar-refractivity contribution in [3.63, 3.8) is 0 Å². The van der Waals surface area contributed by atoms with E-state index in [4.69, 9.17) is 0 Å². The number of anilines is 1. The number of benzene rings is 1. The number of carbonyl (C=O) groups excluding carboxylic acids is 1. The maximum absolute atomic E-state index is 12.8. The van der Waals surface area contributed by atoms with Crippen molar-refractivity contribution >= 4 is 11.6 Å². The molecule has 0 fully saturated rings. The standard InChI is InChI=1S/C15H19F3N2O/c1-4-20(9-11(2)3)10-14(21)19-13-8-6-5-7-12(13)15(16,17)18/h5-8H,2,4,9-10H2,1,3H3,(H,19,21). The highest BCUT2D eigenvalue weighted by Gasteiger charge is 2.33. The van der Waals surface area contributed by atoms with Crippen molar-refractivity contribution in [3.8, 4) is 0 Å². The largest absolute Gasteiger partial charge is 0.418 e. The molecule has 3 nitrogen and oxygen atoms in total. The van der Waals surface area contributed by atoms with Crippen LogP contribution >= 0.6 is 0 Å². The molecule has 1 rings (SSSR count). The van der Waals surface area contributed by atoms with E-state index in [1.165, 1.54) is 18.2 Å². The summed E-state index contributed by atoms with van der Waals surface area (Å²) >= 11 is 0. The van der Waals surface area contributed by atoms with Crippen molar-refractivity contribution in [2.24, 2.45) is 0 Å². The monoisotopic (exact) mass is 300 g/mol. The molecule has 116 valence electrons. The maximum atomic E-state index is 12.8. The van der Waals surface area contributed by atoms with Crippen LogP contribution in [0.15, 0.2) is 36.4 Å². The van der Waals surface area contributed by atoms with Gasteiger partial charge in [-0.3, -0.25) is 9.69 Å². The highest BCUT2D eigenvalue weighted by Crippen LogP contribution is 2.34. The van der Waals surface area contributed by atoms with Gasteiger partial charge in [0.05, 0.1) is 17.8 Å².